The van der Waals surface area contributed by atoms with Gasteiger partial charge in [0.15, 0.2) is 0 Å². The number of ether oxygens (including phenoxy) is 1. The molecule has 1 aliphatic carbocycles. The van der Waals surface area contributed by atoms with Crippen molar-refractivity contribution in [1.82, 2.24) is 0 Å². The second-order valence-electron chi connectivity index (χ2n) is 3.22. The largest absolute Gasteiger partial charge is 0.381 e. The fourth-order valence-electron chi connectivity index (χ4n) is 1.60. The van der Waals surface area contributed by atoms with Crippen LogP contribution in [0.15, 0.2) is 0 Å². The van der Waals surface area contributed by atoms with E-state index in [1.165, 1.54) is 0 Å². The topological polar surface area (TPSA) is 69.4 Å². The number of nitrogens with two attached hydrogens (primary N) is 1. The van der Waals surface area contributed by atoms with Crippen LogP contribution in [0.4, 0.5) is 0 Å². The molecule has 1 fully saturated rings. The van der Waals surface area contributed by atoms with Crippen LogP contribution in [0.2, 0.25) is 0 Å². The molecule has 2 N–H and O–H groups in total. The molecular weight excluding hydrogens is 178 g/mol. The van der Waals surface area contributed by atoms with Gasteiger partial charge in [0, 0.05) is 7.11 Å². The molecule has 0 atom stereocenters. The Morgan fingerprint density at radius 2 is 1.75 bits per heavy atom. The number of sulfonamides is 1. The zero-order chi connectivity index (χ0) is 9.19. The standard InChI is InChI=1S/C7H15NO3S/c1-11-6-2-4-7(5-3-6)12(8,9)10/h6-7H,2-5H2,1H3,(H2,8,9,10). The first kappa shape index (κ1) is 9.95. The van der Waals surface area contributed by atoms with Crippen LogP contribution >= 0.6 is 0 Å². The Hall–Kier alpha value is -0.130. The van der Waals surface area contributed by atoms with Gasteiger partial charge in [-0.15, -0.1) is 0 Å². The van der Waals surface area contributed by atoms with Crippen LogP contribution in [-0.4, -0.2) is 26.9 Å². The first-order valence-electron chi connectivity index (χ1n) is 4.08. The van der Waals surface area contributed by atoms with E-state index in [9.17, 15) is 8.42 Å². The summed E-state index contributed by atoms with van der Waals surface area (Å²) in [6.45, 7) is 0. The van der Waals surface area contributed by atoms with Gasteiger partial charge in [0.1, 0.15) is 0 Å². The van der Waals surface area contributed by atoms with Crippen LogP contribution in [0.25, 0.3) is 0 Å². The third-order valence-electron chi connectivity index (χ3n) is 2.42. The minimum absolute atomic E-state index is 0.225. The third-order valence-corrected chi connectivity index (χ3v) is 3.82. The van der Waals surface area contributed by atoms with Crippen molar-refractivity contribution in [2.75, 3.05) is 7.11 Å². The zero-order valence-electron chi connectivity index (χ0n) is 7.19. The molecule has 72 valence electrons. The van der Waals surface area contributed by atoms with Gasteiger partial charge in [0.05, 0.1) is 11.4 Å². The highest BCUT2D eigenvalue weighted by Gasteiger charge is 2.27. The zero-order valence-corrected chi connectivity index (χ0v) is 8.01. The molecule has 0 aromatic heterocycles. The molecule has 5 heteroatoms. The average molecular weight is 193 g/mol. The van der Waals surface area contributed by atoms with E-state index in [0.29, 0.717) is 12.8 Å². The molecule has 1 saturated carbocycles. The van der Waals surface area contributed by atoms with E-state index in [4.69, 9.17) is 9.88 Å². The SMILES string of the molecule is COC1CCC(S(N)(=O)=O)CC1. The van der Waals surface area contributed by atoms with Crippen molar-refractivity contribution in [2.24, 2.45) is 5.14 Å². The van der Waals surface area contributed by atoms with Crippen molar-refractivity contribution in [2.45, 2.75) is 37.0 Å². The lowest BCUT2D eigenvalue weighted by molar-refractivity contribution is 0.0717. The molecule has 0 bridgehead atoms. The Balaban J connectivity index is 2.47. The van der Waals surface area contributed by atoms with E-state index in [2.05, 4.69) is 0 Å². The Morgan fingerprint density at radius 1 is 1.25 bits per heavy atom. The fraction of sp³-hybridized carbons (Fsp3) is 1.00. The molecule has 12 heavy (non-hydrogen) atoms. The lowest BCUT2D eigenvalue weighted by Gasteiger charge is -2.25. The Labute approximate surface area is 73.1 Å². The lowest BCUT2D eigenvalue weighted by Crippen LogP contribution is -2.34. The number of hydrogen-bond donors (Lipinski definition) is 1. The van der Waals surface area contributed by atoms with Crippen molar-refractivity contribution >= 4 is 10.0 Å². The molecule has 0 amide bonds. The van der Waals surface area contributed by atoms with Gasteiger partial charge in [-0.25, -0.2) is 13.6 Å². The summed E-state index contributed by atoms with van der Waals surface area (Å²) in [7, 11) is -1.66. The highest BCUT2D eigenvalue weighted by atomic mass is 32.2. The van der Waals surface area contributed by atoms with Gasteiger partial charge in [-0.1, -0.05) is 0 Å². The van der Waals surface area contributed by atoms with Gasteiger partial charge in [0.2, 0.25) is 10.0 Å². The maximum atomic E-state index is 10.9. The first-order chi connectivity index (χ1) is 5.54. The van der Waals surface area contributed by atoms with Crippen molar-refractivity contribution in [3.05, 3.63) is 0 Å². The van der Waals surface area contributed by atoms with Crippen LogP contribution in [-0.2, 0) is 14.8 Å². The highest BCUT2D eigenvalue weighted by molar-refractivity contribution is 7.89. The second-order valence-corrected chi connectivity index (χ2v) is 5.07. The quantitative estimate of drug-likeness (QED) is 0.682. The third kappa shape index (κ3) is 2.43. The van der Waals surface area contributed by atoms with Gasteiger partial charge in [0.25, 0.3) is 0 Å². The van der Waals surface area contributed by atoms with E-state index < -0.39 is 10.0 Å². The Morgan fingerprint density at radius 3 is 2.08 bits per heavy atom. The van der Waals surface area contributed by atoms with E-state index in [1.54, 1.807) is 7.11 Å². The molecule has 0 spiro atoms. The predicted octanol–water partition coefficient (Wildman–Crippen LogP) is 0.233. The predicted molar refractivity (Wildman–Crippen MR) is 46.2 cm³/mol. The maximum absolute atomic E-state index is 10.9. The monoisotopic (exact) mass is 193 g/mol. The van der Waals surface area contributed by atoms with E-state index >= 15 is 0 Å². The summed E-state index contributed by atoms with van der Waals surface area (Å²) < 4.78 is 27.0. The first-order valence-corrected chi connectivity index (χ1v) is 5.69. The molecular formula is C7H15NO3S. The maximum Gasteiger partial charge on any atom is 0.211 e. The van der Waals surface area contributed by atoms with Crippen LogP contribution in [0.1, 0.15) is 25.7 Å². The van der Waals surface area contributed by atoms with Crippen molar-refractivity contribution in [3.8, 4) is 0 Å². The van der Waals surface area contributed by atoms with E-state index in [1.807, 2.05) is 0 Å². The van der Waals surface area contributed by atoms with Crippen LogP contribution < -0.4 is 5.14 Å². The van der Waals surface area contributed by atoms with Crippen LogP contribution in [0.3, 0.4) is 0 Å². The van der Waals surface area contributed by atoms with E-state index in [0.717, 1.165) is 12.8 Å². The summed E-state index contributed by atoms with van der Waals surface area (Å²) in [5, 5.41) is 4.68. The van der Waals surface area contributed by atoms with Gasteiger partial charge in [-0.05, 0) is 25.7 Å². The molecule has 0 aliphatic heterocycles. The Kier molecular flexibility index (Phi) is 3.09. The van der Waals surface area contributed by atoms with Gasteiger partial charge >= 0.3 is 0 Å². The molecule has 1 rings (SSSR count). The van der Waals surface area contributed by atoms with Gasteiger partial charge in [-0.3, -0.25) is 0 Å². The van der Waals surface area contributed by atoms with Crippen LogP contribution in [0.5, 0.6) is 0 Å². The minimum Gasteiger partial charge on any atom is -0.381 e. The van der Waals surface area contributed by atoms with Crippen molar-refractivity contribution in [3.63, 3.8) is 0 Å². The second kappa shape index (κ2) is 3.72. The number of rotatable bonds is 2. The normalized spacial score (nSPS) is 31.8. The minimum atomic E-state index is -3.31. The number of methoxy groups -OCH3 is 1. The summed E-state index contributed by atoms with van der Waals surface area (Å²) in [6.07, 6.45) is 3.10. The van der Waals surface area contributed by atoms with Gasteiger partial charge < -0.3 is 4.74 Å². The van der Waals surface area contributed by atoms with Crippen LogP contribution in [0, 0.1) is 0 Å². The average Bonchev–Trinajstić information content (AvgIpc) is 2.03. The molecule has 4 nitrogen and oxygen atoms in total. The lowest BCUT2D eigenvalue weighted by atomic mass is 9.97. The van der Waals surface area contributed by atoms with Crippen molar-refractivity contribution in [1.29, 1.82) is 0 Å². The van der Waals surface area contributed by atoms with Gasteiger partial charge in [-0.2, -0.15) is 0 Å². The molecule has 0 heterocycles. The molecule has 0 saturated heterocycles. The molecule has 0 unspecified atom stereocenters. The highest BCUT2D eigenvalue weighted by Crippen LogP contribution is 2.24. The van der Waals surface area contributed by atoms with Crippen molar-refractivity contribution < 1.29 is 13.2 Å². The smallest absolute Gasteiger partial charge is 0.211 e. The fourth-order valence-corrected chi connectivity index (χ4v) is 2.53. The van der Waals surface area contributed by atoms with E-state index in [-0.39, 0.29) is 11.4 Å². The molecule has 1 aliphatic rings. The molecule has 0 aromatic rings. The Bertz CT molecular complexity index is 229. The summed E-state index contributed by atoms with van der Waals surface area (Å²) >= 11 is 0. The molecule has 0 aromatic carbocycles. The summed E-state index contributed by atoms with van der Waals surface area (Å²) in [6, 6.07) is 0. The summed E-state index contributed by atoms with van der Waals surface area (Å²) in [5.74, 6) is 0. The number of hydrogen-bond acceptors (Lipinski definition) is 3. The summed E-state index contributed by atoms with van der Waals surface area (Å²) in [5.41, 5.74) is 0. The summed E-state index contributed by atoms with van der Waals surface area (Å²) in [4.78, 5) is 0. The molecule has 0 radical (unpaired) electrons. The number of primary sulfonamides is 1.